The maximum Gasteiger partial charge on any atom is 0.143 e. The average Bonchev–Trinajstić information content (AvgIpc) is 3.58. The van der Waals surface area contributed by atoms with E-state index in [1.165, 1.54) is 0 Å². The molecule has 0 saturated carbocycles. The number of rotatable bonds is 3. The summed E-state index contributed by atoms with van der Waals surface area (Å²) in [6.45, 7) is 0. The summed E-state index contributed by atoms with van der Waals surface area (Å²) in [5.41, 5.74) is 6.76. The van der Waals surface area contributed by atoms with Crippen molar-refractivity contribution in [2.45, 2.75) is 0 Å². The van der Waals surface area contributed by atoms with Crippen LogP contribution >= 0.6 is 0 Å². The second-order valence-corrected chi connectivity index (χ2v) is 12.0. The van der Waals surface area contributed by atoms with Gasteiger partial charge in [-0.3, -0.25) is 0 Å². The Morgan fingerprint density at radius 3 is 1.74 bits per heavy atom. The Kier molecular flexibility index (Phi) is 4.66. The predicted molar refractivity (Wildman–Crippen MR) is 200 cm³/mol. The van der Waals surface area contributed by atoms with Crippen molar-refractivity contribution in [1.82, 2.24) is 0 Å². The summed E-state index contributed by atoms with van der Waals surface area (Å²) in [7, 11) is 0. The zero-order chi connectivity index (χ0) is 35.2. The van der Waals surface area contributed by atoms with Crippen molar-refractivity contribution >= 4 is 65.0 Å². The quantitative estimate of drug-likeness (QED) is 0.145. The maximum absolute atomic E-state index is 8.93. The van der Waals surface area contributed by atoms with Crippen molar-refractivity contribution in [3.8, 4) is 33.4 Å². The minimum absolute atomic E-state index is 0.206. The Bertz CT molecular complexity index is 3050. The van der Waals surface area contributed by atoms with Gasteiger partial charge in [0, 0.05) is 16.3 Å². The van der Waals surface area contributed by atoms with Gasteiger partial charge in [-0.15, -0.1) is 0 Å². The molecule has 47 heavy (non-hydrogen) atoms. The molecular weight excluding hydrogens is 569 g/mol. The van der Waals surface area contributed by atoms with Gasteiger partial charge in [0.15, 0.2) is 0 Å². The van der Waals surface area contributed by atoms with Crippen molar-refractivity contribution in [2.75, 3.05) is 0 Å². The van der Waals surface area contributed by atoms with Crippen LogP contribution in [0.15, 0.2) is 174 Å². The van der Waals surface area contributed by atoms with E-state index in [1.54, 1.807) is 0 Å². The van der Waals surface area contributed by atoms with Gasteiger partial charge in [0.25, 0.3) is 0 Å². The van der Waals surface area contributed by atoms with Gasteiger partial charge in [-0.25, -0.2) is 0 Å². The molecule has 10 rings (SSSR count). The number of furan rings is 1. The van der Waals surface area contributed by atoms with E-state index in [1.807, 2.05) is 54.6 Å². The summed E-state index contributed by atoms with van der Waals surface area (Å²) in [5, 5.41) is 10.2. The first-order valence-electron chi connectivity index (χ1n) is 18.3. The van der Waals surface area contributed by atoms with E-state index in [2.05, 4.69) is 84.9 Å². The molecule has 1 aromatic heterocycles. The van der Waals surface area contributed by atoms with Gasteiger partial charge in [0.1, 0.15) is 11.2 Å². The zero-order valence-corrected chi connectivity index (χ0v) is 25.2. The molecule has 1 nitrogen and oxygen atoms in total. The maximum atomic E-state index is 8.93. The van der Waals surface area contributed by atoms with Gasteiger partial charge < -0.3 is 4.42 Å². The number of benzene rings is 9. The third-order valence-electron chi connectivity index (χ3n) is 9.53. The molecule has 0 bridgehead atoms. The van der Waals surface area contributed by atoms with E-state index >= 15 is 0 Å². The highest BCUT2D eigenvalue weighted by molar-refractivity contribution is 6.26. The van der Waals surface area contributed by atoms with Crippen LogP contribution in [-0.2, 0) is 0 Å². The third kappa shape index (κ3) is 3.90. The number of para-hydroxylation sites is 2. The molecule has 0 aliphatic carbocycles. The Labute approximate surface area is 279 Å². The number of fused-ring (bicyclic) bond motifs is 8. The first-order valence-corrected chi connectivity index (χ1v) is 15.8. The minimum atomic E-state index is -0.400. The van der Waals surface area contributed by atoms with Crippen LogP contribution in [0, 0.1) is 0 Å². The molecule has 9 aromatic carbocycles. The molecule has 0 N–H and O–H groups in total. The lowest BCUT2D eigenvalue weighted by Gasteiger charge is -2.20. The Hall–Kier alpha value is -6.18. The lowest BCUT2D eigenvalue weighted by molar-refractivity contribution is 0.670. The topological polar surface area (TPSA) is 13.1 Å². The van der Waals surface area contributed by atoms with Crippen LogP contribution in [0.2, 0.25) is 0 Å². The summed E-state index contributed by atoms with van der Waals surface area (Å²) in [6.07, 6.45) is 0. The van der Waals surface area contributed by atoms with Crippen LogP contribution in [0.25, 0.3) is 98.4 Å². The van der Waals surface area contributed by atoms with Gasteiger partial charge in [0.2, 0.25) is 0 Å². The second-order valence-electron chi connectivity index (χ2n) is 12.0. The molecule has 0 saturated heterocycles. The van der Waals surface area contributed by atoms with Crippen molar-refractivity contribution in [3.63, 3.8) is 0 Å². The molecule has 0 spiro atoms. The van der Waals surface area contributed by atoms with E-state index in [-0.39, 0.29) is 29.7 Å². The highest BCUT2D eigenvalue weighted by Gasteiger charge is 2.20. The molecule has 0 aliphatic rings. The van der Waals surface area contributed by atoms with E-state index < -0.39 is 6.04 Å². The first kappa shape index (κ1) is 21.5. The Morgan fingerprint density at radius 1 is 0.383 bits per heavy atom. The van der Waals surface area contributed by atoms with Crippen molar-refractivity contribution < 1.29 is 11.3 Å². The van der Waals surface area contributed by atoms with E-state index in [9.17, 15) is 0 Å². The van der Waals surface area contributed by atoms with Gasteiger partial charge in [-0.05, 0) is 89.1 Å². The lowest BCUT2D eigenvalue weighted by Crippen LogP contribution is -1.92. The summed E-state index contributed by atoms with van der Waals surface area (Å²) in [4.78, 5) is 0. The molecule has 0 fully saturated rings. The Balaban J connectivity index is 1.31. The molecule has 0 radical (unpaired) electrons. The highest BCUT2D eigenvalue weighted by atomic mass is 16.3. The standard InChI is InChI=1S/C46H28O/c1-2-13-29(14-3-1)44-36-18-6-8-20-38(36)45(39-21-9-7-19-37(39)44)42-28-30-15-4-5-16-32(30)41-27-31(25-26-34(41)42)33-22-12-23-40-35-17-10-11-24-43(35)47-46(33)40/h1-28H/i1D,2D,3D,13D,14D. The van der Waals surface area contributed by atoms with Crippen molar-refractivity contribution in [3.05, 3.63) is 170 Å². The van der Waals surface area contributed by atoms with Crippen LogP contribution in [-0.4, -0.2) is 0 Å². The van der Waals surface area contributed by atoms with Gasteiger partial charge >= 0.3 is 0 Å². The number of hydrogen-bond donors (Lipinski definition) is 0. The normalized spacial score (nSPS) is 13.3. The molecule has 1 heterocycles. The summed E-state index contributed by atoms with van der Waals surface area (Å²) < 4.78 is 49.5. The molecule has 1 heteroatoms. The van der Waals surface area contributed by atoms with Crippen LogP contribution in [0.4, 0.5) is 0 Å². The summed E-state index contributed by atoms with van der Waals surface area (Å²) in [5.74, 6) is 0. The van der Waals surface area contributed by atoms with Crippen molar-refractivity contribution in [2.24, 2.45) is 0 Å². The summed E-state index contributed by atoms with van der Waals surface area (Å²) >= 11 is 0. The second kappa shape index (κ2) is 10.2. The predicted octanol–water partition coefficient (Wildman–Crippen LogP) is 13.2. The average molecular weight is 602 g/mol. The van der Waals surface area contributed by atoms with E-state index in [4.69, 9.17) is 11.3 Å². The number of hydrogen-bond acceptors (Lipinski definition) is 1. The largest absolute Gasteiger partial charge is 0.455 e. The molecule has 10 aromatic rings. The highest BCUT2D eigenvalue weighted by Crippen LogP contribution is 2.47. The van der Waals surface area contributed by atoms with E-state index in [0.717, 1.165) is 87.3 Å². The molecule has 0 amide bonds. The van der Waals surface area contributed by atoms with E-state index in [0.29, 0.717) is 5.56 Å². The lowest BCUT2D eigenvalue weighted by atomic mass is 9.83. The van der Waals surface area contributed by atoms with Crippen LogP contribution in [0.1, 0.15) is 6.85 Å². The molecule has 0 unspecified atom stereocenters. The molecule has 218 valence electrons. The van der Waals surface area contributed by atoms with Crippen molar-refractivity contribution in [1.29, 1.82) is 0 Å². The fourth-order valence-electron chi connectivity index (χ4n) is 7.52. The Morgan fingerprint density at radius 2 is 1.00 bits per heavy atom. The fourth-order valence-corrected chi connectivity index (χ4v) is 7.52. The van der Waals surface area contributed by atoms with Gasteiger partial charge in [-0.1, -0.05) is 152 Å². The monoisotopic (exact) mass is 601 g/mol. The molecule has 0 aliphatic heterocycles. The van der Waals surface area contributed by atoms with Gasteiger partial charge in [-0.2, -0.15) is 0 Å². The minimum Gasteiger partial charge on any atom is -0.455 e. The molecular formula is C46H28O. The summed E-state index contributed by atoms with van der Waals surface area (Å²) in [6, 6.07) is 46.4. The smallest absolute Gasteiger partial charge is 0.143 e. The third-order valence-corrected chi connectivity index (χ3v) is 9.53. The zero-order valence-electron chi connectivity index (χ0n) is 30.2. The molecule has 0 atom stereocenters. The van der Waals surface area contributed by atoms with Crippen LogP contribution in [0.3, 0.4) is 0 Å². The fraction of sp³-hybridized carbons (Fsp3) is 0. The van der Waals surface area contributed by atoms with Crippen LogP contribution in [0.5, 0.6) is 0 Å². The van der Waals surface area contributed by atoms with Gasteiger partial charge in [0.05, 0.1) is 6.85 Å². The first-order chi connectivity index (χ1) is 25.4. The van der Waals surface area contributed by atoms with Crippen LogP contribution < -0.4 is 0 Å². The SMILES string of the molecule is [2H]c1c([2H])c([2H])c(-c2c3ccccc3c(-c3cc4ccccc4c4cc(-c5cccc6c5oc5ccccc56)ccc34)c3ccccc23)c([2H])c1[2H].